The summed E-state index contributed by atoms with van der Waals surface area (Å²) in [6, 6.07) is 5.86. The van der Waals surface area contributed by atoms with Gasteiger partial charge in [0.05, 0.1) is 27.7 Å². The molecule has 0 unspecified atom stereocenters. The Labute approximate surface area is 149 Å². The van der Waals surface area contributed by atoms with E-state index in [1.54, 1.807) is 11.3 Å². The van der Waals surface area contributed by atoms with Crippen LogP contribution in [-0.4, -0.2) is 57.6 Å². The highest BCUT2D eigenvalue weighted by Gasteiger charge is 2.42. The van der Waals surface area contributed by atoms with Gasteiger partial charge in [0, 0.05) is 31.6 Å². The van der Waals surface area contributed by atoms with Crippen molar-refractivity contribution in [1.29, 1.82) is 0 Å². The van der Waals surface area contributed by atoms with Crippen molar-refractivity contribution in [2.75, 3.05) is 19.6 Å². The predicted octanol–water partition coefficient (Wildman–Crippen LogP) is 2.25. The molecular formula is C18H17N3O3S. The quantitative estimate of drug-likeness (QED) is 0.796. The van der Waals surface area contributed by atoms with E-state index in [1.165, 1.54) is 4.90 Å². The average molecular weight is 355 g/mol. The number of hydrogen-bond donors (Lipinski definition) is 1. The largest absolute Gasteiger partial charge is 0.465 e. The van der Waals surface area contributed by atoms with E-state index in [0.29, 0.717) is 32.5 Å². The molecule has 6 nitrogen and oxygen atoms in total. The number of aromatic nitrogens is 1. The second-order valence-corrected chi connectivity index (χ2v) is 7.21. The Bertz CT molecular complexity index is 898. The summed E-state index contributed by atoms with van der Waals surface area (Å²) in [5, 5.41) is 9.12. The van der Waals surface area contributed by atoms with E-state index in [9.17, 15) is 9.59 Å². The van der Waals surface area contributed by atoms with Gasteiger partial charge >= 0.3 is 6.09 Å². The van der Waals surface area contributed by atoms with Crippen LogP contribution in [0.5, 0.6) is 0 Å². The summed E-state index contributed by atoms with van der Waals surface area (Å²) in [5.74, 6) is 6.30. The van der Waals surface area contributed by atoms with Crippen molar-refractivity contribution in [3.63, 3.8) is 0 Å². The summed E-state index contributed by atoms with van der Waals surface area (Å²) in [7, 11) is 0. The van der Waals surface area contributed by atoms with Crippen LogP contribution in [0, 0.1) is 17.8 Å². The molecule has 4 rings (SSSR count). The number of rotatable bonds is 1. The van der Waals surface area contributed by atoms with E-state index in [1.807, 2.05) is 28.6 Å². The minimum absolute atomic E-state index is 0.00548. The molecule has 0 radical (unpaired) electrons. The summed E-state index contributed by atoms with van der Waals surface area (Å²) in [5.41, 5.74) is 3.70. The average Bonchev–Trinajstić information content (AvgIpc) is 3.20. The first kappa shape index (κ1) is 15.9. The van der Waals surface area contributed by atoms with Crippen molar-refractivity contribution >= 4 is 33.6 Å². The van der Waals surface area contributed by atoms with Crippen LogP contribution in [0.1, 0.15) is 18.4 Å². The normalized spacial score (nSPS) is 22.6. The lowest BCUT2D eigenvalue weighted by Crippen LogP contribution is -2.52. The Morgan fingerprint density at radius 1 is 1.40 bits per heavy atom. The molecule has 7 heteroatoms. The number of carboxylic acid groups (broad SMARTS) is 1. The SMILES string of the molecule is O=C(O)N1CCN2C(=O)[C@@H](CC#Cc3cccc4ncsc34)C[C@H]2C1. The second kappa shape index (κ2) is 6.37. The van der Waals surface area contributed by atoms with Gasteiger partial charge in [0.15, 0.2) is 0 Å². The van der Waals surface area contributed by atoms with Crippen molar-refractivity contribution in [3.8, 4) is 11.8 Å². The molecule has 2 amide bonds. The highest BCUT2D eigenvalue weighted by molar-refractivity contribution is 7.17. The van der Waals surface area contributed by atoms with Gasteiger partial charge in [-0.3, -0.25) is 4.79 Å². The Morgan fingerprint density at radius 2 is 2.28 bits per heavy atom. The lowest BCUT2D eigenvalue weighted by Gasteiger charge is -2.35. The molecular weight excluding hydrogens is 338 g/mol. The van der Waals surface area contributed by atoms with E-state index in [2.05, 4.69) is 16.8 Å². The van der Waals surface area contributed by atoms with E-state index < -0.39 is 6.09 Å². The molecule has 0 spiro atoms. The monoisotopic (exact) mass is 355 g/mol. The molecule has 1 aromatic heterocycles. The Morgan fingerprint density at radius 3 is 3.12 bits per heavy atom. The molecule has 128 valence electrons. The standard InChI is InChI=1S/C18H17N3O3S/c22-17-13(9-14-10-20(18(23)24)7-8-21(14)17)5-1-3-12-4-2-6-15-16(12)25-11-19-15/h2,4,6,11,13-14H,5,7-10H2,(H,23,24)/t13-,14-/m0/s1. The van der Waals surface area contributed by atoms with Crippen LogP contribution in [0.2, 0.25) is 0 Å². The summed E-state index contributed by atoms with van der Waals surface area (Å²) in [6.07, 6.45) is 0.281. The van der Waals surface area contributed by atoms with Gasteiger partial charge in [-0.15, -0.1) is 11.3 Å². The molecule has 0 bridgehead atoms. The smallest absolute Gasteiger partial charge is 0.407 e. The van der Waals surface area contributed by atoms with E-state index in [-0.39, 0.29) is 17.9 Å². The summed E-state index contributed by atoms with van der Waals surface area (Å²) >= 11 is 1.57. The molecule has 1 aromatic carbocycles. The number of amides is 2. The van der Waals surface area contributed by atoms with Crippen molar-refractivity contribution in [1.82, 2.24) is 14.8 Å². The zero-order valence-corrected chi connectivity index (χ0v) is 14.3. The predicted molar refractivity (Wildman–Crippen MR) is 94.3 cm³/mol. The van der Waals surface area contributed by atoms with Crippen LogP contribution >= 0.6 is 11.3 Å². The maximum absolute atomic E-state index is 12.5. The Hall–Kier alpha value is -2.59. The minimum atomic E-state index is -0.909. The molecule has 2 fully saturated rings. The van der Waals surface area contributed by atoms with Gasteiger partial charge < -0.3 is 14.9 Å². The highest BCUT2D eigenvalue weighted by Crippen LogP contribution is 2.30. The molecule has 0 aliphatic carbocycles. The first-order valence-corrected chi connectivity index (χ1v) is 9.11. The van der Waals surface area contributed by atoms with Crippen molar-refractivity contribution in [2.24, 2.45) is 5.92 Å². The third kappa shape index (κ3) is 2.94. The van der Waals surface area contributed by atoms with Gasteiger partial charge in [-0.2, -0.15) is 0 Å². The maximum atomic E-state index is 12.5. The van der Waals surface area contributed by atoms with E-state index in [0.717, 1.165) is 15.8 Å². The van der Waals surface area contributed by atoms with E-state index in [4.69, 9.17) is 5.11 Å². The molecule has 2 aromatic rings. The molecule has 0 saturated carbocycles. The molecule has 25 heavy (non-hydrogen) atoms. The van der Waals surface area contributed by atoms with E-state index >= 15 is 0 Å². The van der Waals surface area contributed by atoms with Gasteiger partial charge in [0.2, 0.25) is 5.91 Å². The molecule has 2 atom stereocenters. The van der Waals surface area contributed by atoms with Crippen LogP contribution in [0.15, 0.2) is 23.7 Å². The number of carbonyl (C=O) groups is 2. The first-order valence-electron chi connectivity index (χ1n) is 8.23. The van der Waals surface area contributed by atoms with Crippen molar-refractivity contribution in [3.05, 3.63) is 29.3 Å². The molecule has 2 saturated heterocycles. The van der Waals surface area contributed by atoms with Crippen molar-refractivity contribution < 1.29 is 14.7 Å². The lowest BCUT2D eigenvalue weighted by molar-refractivity contribution is -0.133. The number of thiazole rings is 1. The number of fused-ring (bicyclic) bond motifs is 2. The topological polar surface area (TPSA) is 73.7 Å². The van der Waals surface area contributed by atoms with Crippen LogP contribution in [0.4, 0.5) is 4.79 Å². The number of benzene rings is 1. The van der Waals surface area contributed by atoms with Gasteiger partial charge in [-0.05, 0) is 18.6 Å². The first-order chi connectivity index (χ1) is 12.1. The second-order valence-electron chi connectivity index (χ2n) is 6.36. The highest BCUT2D eigenvalue weighted by atomic mass is 32.1. The van der Waals surface area contributed by atoms with Gasteiger partial charge in [-0.25, -0.2) is 9.78 Å². The molecule has 3 heterocycles. The van der Waals surface area contributed by atoms with Crippen LogP contribution < -0.4 is 0 Å². The minimum Gasteiger partial charge on any atom is -0.465 e. The Kier molecular flexibility index (Phi) is 4.06. The maximum Gasteiger partial charge on any atom is 0.407 e. The van der Waals surface area contributed by atoms with Gasteiger partial charge in [0.25, 0.3) is 0 Å². The fraction of sp³-hybridized carbons (Fsp3) is 0.389. The third-order valence-electron chi connectivity index (χ3n) is 4.87. The molecule has 2 aliphatic heterocycles. The molecule has 1 N–H and O–H groups in total. The van der Waals surface area contributed by atoms with Gasteiger partial charge in [-0.1, -0.05) is 17.9 Å². The summed E-state index contributed by atoms with van der Waals surface area (Å²) in [6.45, 7) is 1.29. The van der Waals surface area contributed by atoms with Crippen LogP contribution in [-0.2, 0) is 4.79 Å². The Balaban J connectivity index is 1.45. The third-order valence-corrected chi connectivity index (χ3v) is 5.75. The number of piperazine rings is 1. The zero-order valence-electron chi connectivity index (χ0n) is 13.5. The lowest BCUT2D eigenvalue weighted by atomic mass is 10.0. The van der Waals surface area contributed by atoms with Gasteiger partial charge in [0.1, 0.15) is 0 Å². The number of nitrogens with zero attached hydrogens (tertiary/aromatic N) is 3. The molecule has 2 aliphatic rings. The van der Waals surface area contributed by atoms with Crippen molar-refractivity contribution in [2.45, 2.75) is 18.9 Å². The zero-order chi connectivity index (χ0) is 17.4. The van der Waals surface area contributed by atoms with Crippen LogP contribution in [0.25, 0.3) is 10.2 Å². The van der Waals surface area contributed by atoms with Crippen LogP contribution in [0.3, 0.4) is 0 Å². The number of carbonyl (C=O) groups excluding carboxylic acids is 1. The fourth-order valence-electron chi connectivity index (χ4n) is 3.61. The fourth-order valence-corrected chi connectivity index (χ4v) is 4.37. The number of hydrogen-bond acceptors (Lipinski definition) is 4. The summed E-state index contributed by atoms with van der Waals surface area (Å²) in [4.78, 5) is 31.1. The summed E-state index contributed by atoms with van der Waals surface area (Å²) < 4.78 is 1.07.